The predicted molar refractivity (Wildman–Crippen MR) is 181 cm³/mol. The Morgan fingerprint density at radius 1 is 0.898 bits per heavy atom. The van der Waals surface area contributed by atoms with Crippen LogP contribution in [0.5, 0.6) is 0 Å². The first kappa shape index (κ1) is 36.4. The summed E-state index contributed by atoms with van der Waals surface area (Å²) in [6, 6.07) is -3.68. The molecule has 0 bridgehead atoms. The second-order valence-corrected chi connectivity index (χ2v) is 15.5. The maximum Gasteiger partial charge on any atom is 0.289 e. The molecule has 0 radical (unpaired) electrons. The Hall–Kier alpha value is -3.90. The number of carbonyl (C=O) groups excluding carboxylic acids is 6. The van der Waals surface area contributed by atoms with Crippen LogP contribution in [-0.2, 0) is 24.0 Å². The van der Waals surface area contributed by atoms with Gasteiger partial charge in [-0.15, -0.1) is 0 Å². The van der Waals surface area contributed by atoms with E-state index in [1.165, 1.54) is 18.6 Å². The van der Waals surface area contributed by atoms with Gasteiger partial charge >= 0.3 is 0 Å². The molecular formula is C36H53N7O6. The van der Waals surface area contributed by atoms with Crippen molar-refractivity contribution in [3.05, 3.63) is 24.3 Å². The highest BCUT2D eigenvalue weighted by Gasteiger charge is 2.52. The maximum atomic E-state index is 14.6. The van der Waals surface area contributed by atoms with Gasteiger partial charge < -0.3 is 26.2 Å². The van der Waals surface area contributed by atoms with Gasteiger partial charge in [-0.1, -0.05) is 59.8 Å². The number of fused-ring (bicyclic) bond motifs is 1. The van der Waals surface area contributed by atoms with Crippen LogP contribution in [0.1, 0.15) is 115 Å². The van der Waals surface area contributed by atoms with Crippen LogP contribution in [-0.4, -0.2) is 86.9 Å². The third kappa shape index (κ3) is 8.83. The number of nitrogens with one attached hydrogen (secondary N) is 4. The predicted octanol–water partition coefficient (Wildman–Crippen LogP) is 2.45. The summed E-state index contributed by atoms with van der Waals surface area (Å²) < 4.78 is 0. The van der Waals surface area contributed by atoms with Crippen molar-refractivity contribution in [2.45, 2.75) is 135 Å². The second-order valence-electron chi connectivity index (χ2n) is 15.5. The van der Waals surface area contributed by atoms with Crippen molar-refractivity contribution in [3.63, 3.8) is 0 Å². The highest BCUT2D eigenvalue weighted by molar-refractivity contribution is 6.38. The van der Waals surface area contributed by atoms with Crippen LogP contribution < -0.4 is 21.3 Å². The molecule has 1 saturated heterocycles. The lowest BCUT2D eigenvalue weighted by molar-refractivity contribution is -0.146. The molecule has 3 aliphatic carbocycles. The van der Waals surface area contributed by atoms with Crippen LogP contribution in [0.3, 0.4) is 0 Å². The number of hydrogen-bond acceptors (Lipinski definition) is 8. The van der Waals surface area contributed by atoms with E-state index in [0.717, 1.165) is 64.2 Å². The van der Waals surface area contributed by atoms with Crippen molar-refractivity contribution >= 4 is 35.3 Å². The molecule has 1 aromatic rings. The van der Waals surface area contributed by atoms with E-state index in [2.05, 4.69) is 31.2 Å². The summed E-state index contributed by atoms with van der Waals surface area (Å²) in [6.45, 7) is 7.85. The molecule has 0 spiro atoms. The molecule has 4 N–H and O–H groups in total. The molecule has 6 atom stereocenters. The summed E-state index contributed by atoms with van der Waals surface area (Å²) >= 11 is 0. The van der Waals surface area contributed by atoms with Crippen molar-refractivity contribution in [2.24, 2.45) is 23.2 Å². The van der Waals surface area contributed by atoms with E-state index in [0.29, 0.717) is 19.4 Å². The largest absolute Gasteiger partial charge is 0.347 e. The Morgan fingerprint density at radius 3 is 2.27 bits per heavy atom. The van der Waals surface area contributed by atoms with Crippen molar-refractivity contribution in [3.8, 4) is 0 Å². The zero-order chi connectivity index (χ0) is 35.3. The monoisotopic (exact) mass is 679 g/mol. The van der Waals surface area contributed by atoms with Gasteiger partial charge in [0.15, 0.2) is 0 Å². The zero-order valence-corrected chi connectivity index (χ0v) is 29.3. The van der Waals surface area contributed by atoms with Crippen molar-refractivity contribution in [1.29, 1.82) is 0 Å². The molecule has 2 heterocycles. The number of Topliss-reactive ketones (excluding diaryl/α,β-unsaturated/α-hetero) is 1. The van der Waals surface area contributed by atoms with Crippen LogP contribution in [0.15, 0.2) is 18.6 Å². The van der Waals surface area contributed by atoms with Crippen LogP contribution in [0.4, 0.5) is 0 Å². The highest BCUT2D eigenvalue weighted by atomic mass is 16.2. The van der Waals surface area contributed by atoms with Gasteiger partial charge in [-0.2, -0.15) is 0 Å². The lowest BCUT2D eigenvalue weighted by Gasteiger charge is -2.38. The molecule has 4 aliphatic rings. The van der Waals surface area contributed by atoms with Gasteiger partial charge in [0.1, 0.15) is 23.8 Å². The number of carbonyl (C=O) groups is 6. The Labute approximate surface area is 288 Å². The van der Waals surface area contributed by atoms with E-state index in [9.17, 15) is 28.8 Å². The van der Waals surface area contributed by atoms with E-state index >= 15 is 0 Å². The van der Waals surface area contributed by atoms with Crippen LogP contribution in [0.2, 0.25) is 0 Å². The quantitative estimate of drug-likeness (QED) is 0.230. The Morgan fingerprint density at radius 2 is 1.63 bits per heavy atom. The lowest BCUT2D eigenvalue weighted by atomic mass is 9.82. The summed E-state index contributed by atoms with van der Waals surface area (Å²) in [5.74, 6) is -3.20. The molecule has 268 valence electrons. The number of ketones is 1. The van der Waals surface area contributed by atoms with E-state index in [-0.39, 0.29) is 35.4 Å². The van der Waals surface area contributed by atoms with Crippen LogP contribution >= 0.6 is 0 Å². The van der Waals surface area contributed by atoms with Crippen LogP contribution in [0.25, 0.3) is 0 Å². The van der Waals surface area contributed by atoms with E-state index in [4.69, 9.17) is 0 Å². The van der Waals surface area contributed by atoms with E-state index in [1.54, 1.807) is 4.90 Å². The van der Waals surface area contributed by atoms with E-state index in [1.807, 2.05) is 27.7 Å². The molecule has 0 aromatic carbocycles. The summed E-state index contributed by atoms with van der Waals surface area (Å²) in [5, 5.41) is 11.5. The average molecular weight is 680 g/mol. The molecular weight excluding hydrogens is 626 g/mol. The summed E-state index contributed by atoms with van der Waals surface area (Å²) in [5.41, 5.74) is -0.638. The minimum Gasteiger partial charge on any atom is -0.347 e. The summed E-state index contributed by atoms with van der Waals surface area (Å²) in [7, 11) is 0. The van der Waals surface area contributed by atoms with E-state index < -0.39 is 59.0 Å². The Bertz CT molecular complexity index is 1390. The first-order chi connectivity index (χ1) is 23.4. The van der Waals surface area contributed by atoms with Gasteiger partial charge in [0, 0.05) is 25.0 Å². The normalized spacial score (nSPS) is 24.2. The van der Waals surface area contributed by atoms with Gasteiger partial charge in [0.2, 0.25) is 23.5 Å². The van der Waals surface area contributed by atoms with Crippen molar-refractivity contribution < 1.29 is 28.8 Å². The number of aromatic nitrogens is 2. The molecule has 49 heavy (non-hydrogen) atoms. The van der Waals surface area contributed by atoms with Gasteiger partial charge in [0.05, 0.1) is 12.2 Å². The minimum absolute atomic E-state index is 0.0132. The molecule has 4 fully saturated rings. The topological polar surface area (TPSA) is 180 Å². The van der Waals surface area contributed by atoms with Gasteiger partial charge in [-0.05, 0) is 68.1 Å². The Kier molecular flexibility index (Phi) is 11.7. The molecule has 5 rings (SSSR count). The fraction of sp³-hybridized carbons (Fsp3) is 0.722. The van der Waals surface area contributed by atoms with Crippen molar-refractivity contribution in [1.82, 2.24) is 36.1 Å². The number of nitrogens with zero attached hydrogens (tertiary/aromatic N) is 3. The summed E-state index contributed by atoms with van der Waals surface area (Å²) in [4.78, 5) is 91.4. The molecule has 5 amide bonds. The molecule has 1 aromatic heterocycles. The molecule has 13 heteroatoms. The van der Waals surface area contributed by atoms with Gasteiger partial charge in [0.25, 0.3) is 11.8 Å². The van der Waals surface area contributed by atoms with Gasteiger partial charge in [-0.25, -0.2) is 4.98 Å². The smallest absolute Gasteiger partial charge is 0.289 e. The first-order valence-electron chi connectivity index (χ1n) is 18.2. The number of hydrogen-bond donors (Lipinski definition) is 4. The number of likely N-dealkylation sites (tertiary alicyclic amines) is 1. The average Bonchev–Trinajstić information content (AvgIpc) is 3.65. The van der Waals surface area contributed by atoms with Crippen LogP contribution in [0, 0.1) is 23.2 Å². The second kappa shape index (κ2) is 15.8. The molecule has 3 saturated carbocycles. The number of rotatable bonds is 13. The Balaban J connectivity index is 1.36. The molecule has 2 unspecified atom stereocenters. The molecule has 1 aliphatic heterocycles. The fourth-order valence-electron chi connectivity index (χ4n) is 7.87. The lowest BCUT2D eigenvalue weighted by Crippen LogP contribution is -2.62. The maximum absolute atomic E-state index is 14.6. The number of amides is 5. The van der Waals surface area contributed by atoms with Gasteiger partial charge in [-0.3, -0.25) is 33.8 Å². The first-order valence-corrected chi connectivity index (χ1v) is 18.2. The third-order valence-electron chi connectivity index (χ3n) is 10.7. The highest BCUT2D eigenvalue weighted by Crippen LogP contribution is 2.43. The zero-order valence-electron chi connectivity index (χ0n) is 29.3. The molecule has 13 nitrogen and oxygen atoms in total. The van der Waals surface area contributed by atoms with Crippen molar-refractivity contribution in [2.75, 3.05) is 6.54 Å². The fourth-order valence-corrected chi connectivity index (χ4v) is 7.87. The SMILES string of the molecule is CCCC(NC(=O)[C@@H]1[C@H]2CCC[C@H]2CN1C(=O)[C@@H](NC(=O)C(NC(=O)c1cnccn1)C1CCCCC1)C(C)(C)C)C(=O)C(=O)NC1CC1. The standard InChI is InChI=1S/C36H53N7O6/c1-5-10-25(29(44)34(48)39-23-15-16-23)40-33(47)28-24-14-9-13-22(24)20-43(28)35(49)30(36(2,3)4)42-32(46)27(21-11-7-6-8-12-21)41-31(45)26-19-37-17-18-38-26/h17-19,21-25,27-28,30H,5-16,20H2,1-4H3,(H,39,48)(H,40,47)(H,41,45)(H,42,46)/t22-,24-,25?,27?,28-,30+/m0/s1. The summed E-state index contributed by atoms with van der Waals surface area (Å²) in [6.07, 6.45) is 13.9. The third-order valence-corrected chi connectivity index (χ3v) is 10.7. The minimum atomic E-state index is -0.994.